The Labute approximate surface area is 128 Å². The van der Waals surface area contributed by atoms with Crippen LogP contribution in [0.25, 0.3) is 5.57 Å². The number of likely N-dealkylation sites (tertiary alicyclic amines) is 1. The van der Waals surface area contributed by atoms with Gasteiger partial charge in [-0.3, -0.25) is 4.48 Å². The van der Waals surface area contributed by atoms with Crippen molar-refractivity contribution < 1.29 is 0 Å². The van der Waals surface area contributed by atoms with E-state index in [1.54, 1.807) is 0 Å². The van der Waals surface area contributed by atoms with Gasteiger partial charge in [-0.25, -0.2) is 0 Å². The monoisotopic (exact) mass is 278 g/mol. The molecule has 1 fully saturated rings. The number of piperidine rings is 1. The lowest BCUT2D eigenvalue weighted by molar-refractivity contribution is 0.274. The molecule has 1 aliphatic heterocycles. The van der Waals surface area contributed by atoms with Crippen molar-refractivity contribution in [2.45, 2.75) is 19.3 Å². The summed E-state index contributed by atoms with van der Waals surface area (Å²) in [7, 11) is 2.36. The van der Waals surface area contributed by atoms with Crippen molar-refractivity contribution in [3.05, 3.63) is 72.3 Å². The number of rotatable bonds is 3. The highest BCUT2D eigenvalue weighted by molar-refractivity contribution is 5.78. The third-order valence-electron chi connectivity index (χ3n) is 4.76. The molecule has 1 heteroatoms. The maximum atomic E-state index is 4.25. The third-order valence-corrected chi connectivity index (χ3v) is 4.76. The average molecular weight is 278 g/mol. The molecule has 21 heavy (non-hydrogen) atoms. The van der Waals surface area contributed by atoms with E-state index < -0.39 is 0 Å². The van der Waals surface area contributed by atoms with Crippen LogP contribution in [-0.4, -0.2) is 20.1 Å². The molecule has 0 amide bonds. The summed E-state index contributed by atoms with van der Waals surface area (Å²) in [6, 6.07) is 19.4. The van der Waals surface area contributed by atoms with Gasteiger partial charge in [0.2, 0.25) is 0 Å². The summed E-state index contributed by atoms with van der Waals surface area (Å²) in [5, 5.41) is 0. The molecule has 0 aliphatic carbocycles. The van der Waals surface area contributed by atoms with Crippen LogP contribution in [0.3, 0.4) is 0 Å². The number of benzene rings is 2. The van der Waals surface area contributed by atoms with Crippen LogP contribution in [0.1, 0.15) is 30.4 Å². The molecule has 1 nitrogen and oxygen atoms in total. The Morgan fingerprint density at radius 2 is 1.38 bits per heavy atom. The molecule has 0 N–H and O–H groups in total. The van der Waals surface area contributed by atoms with Crippen LogP contribution < -0.4 is 4.48 Å². The normalized spacial score (nSPS) is 17.4. The van der Waals surface area contributed by atoms with E-state index in [0.29, 0.717) is 0 Å². The van der Waals surface area contributed by atoms with E-state index >= 15 is 0 Å². The molecule has 0 bridgehead atoms. The summed E-state index contributed by atoms with van der Waals surface area (Å²) in [6.45, 7) is 6.78. The molecule has 1 saturated heterocycles. The highest BCUT2D eigenvalue weighted by atomic mass is 15.3. The summed E-state index contributed by atoms with van der Waals surface area (Å²) in [4.78, 5) is 0. The van der Waals surface area contributed by atoms with Crippen LogP contribution in [0.5, 0.6) is 0 Å². The van der Waals surface area contributed by atoms with E-state index in [1.165, 1.54) is 49.2 Å². The standard InChI is InChI=1S/C20H24N/c1-17(18-9-5-3-6-10-18)19-11-13-20(14-12-19)21(2)15-7-4-8-16-21/h3,5-6,9-14H,1,4,7-8,15-16H2,2H3/q+1. The Bertz CT molecular complexity index is 604. The molecule has 2 aromatic rings. The van der Waals surface area contributed by atoms with Gasteiger partial charge in [0.1, 0.15) is 5.69 Å². The molecule has 108 valence electrons. The lowest BCUT2D eigenvalue weighted by Gasteiger charge is -2.37. The molecule has 0 atom stereocenters. The van der Waals surface area contributed by atoms with Gasteiger partial charge in [-0.1, -0.05) is 36.9 Å². The predicted molar refractivity (Wildman–Crippen MR) is 92.3 cm³/mol. The lowest BCUT2D eigenvalue weighted by Crippen LogP contribution is -2.48. The summed E-state index contributed by atoms with van der Waals surface area (Å²) < 4.78 is 1.08. The van der Waals surface area contributed by atoms with Gasteiger partial charge in [0.25, 0.3) is 0 Å². The van der Waals surface area contributed by atoms with Crippen molar-refractivity contribution in [3.8, 4) is 0 Å². The van der Waals surface area contributed by atoms with E-state index in [4.69, 9.17) is 0 Å². The van der Waals surface area contributed by atoms with Crippen LogP contribution in [-0.2, 0) is 0 Å². The zero-order chi connectivity index (χ0) is 14.7. The maximum Gasteiger partial charge on any atom is 0.132 e. The molecule has 0 radical (unpaired) electrons. The van der Waals surface area contributed by atoms with Crippen molar-refractivity contribution in [1.82, 2.24) is 4.48 Å². The van der Waals surface area contributed by atoms with Crippen LogP contribution in [0.2, 0.25) is 0 Å². The Balaban J connectivity index is 1.83. The maximum absolute atomic E-state index is 4.25. The Morgan fingerprint density at radius 3 is 2.00 bits per heavy atom. The van der Waals surface area contributed by atoms with Gasteiger partial charge in [0.05, 0.1) is 20.1 Å². The van der Waals surface area contributed by atoms with Crippen LogP contribution in [0, 0.1) is 0 Å². The van der Waals surface area contributed by atoms with Crippen LogP contribution >= 0.6 is 0 Å². The van der Waals surface area contributed by atoms with Crippen molar-refractivity contribution in [2.24, 2.45) is 0 Å². The molecule has 0 spiro atoms. The van der Waals surface area contributed by atoms with Gasteiger partial charge in [0, 0.05) is 0 Å². The zero-order valence-electron chi connectivity index (χ0n) is 12.9. The number of nitrogens with zero attached hydrogens (tertiary/aromatic N) is 1. The van der Waals surface area contributed by atoms with E-state index in [2.05, 4.69) is 62.2 Å². The summed E-state index contributed by atoms with van der Waals surface area (Å²) >= 11 is 0. The molecule has 2 aromatic carbocycles. The average Bonchev–Trinajstić information content (AvgIpc) is 2.56. The molecule has 3 rings (SSSR count). The van der Waals surface area contributed by atoms with Gasteiger partial charge in [-0.15, -0.1) is 0 Å². The lowest BCUT2D eigenvalue weighted by atomic mass is 9.98. The quantitative estimate of drug-likeness (QED) is 0.703. The smallest absolute Gasteiger partial charge is 0.132 e. The molecular formula is C20H24N+. The molecule has 0 aromatic heterocycles. The second-order valence-corrected chi connectivity index (χ2v) is 6.30. The first-order valence-corrected chi connectivity index (χ1v) is 7.89. The molecule has 0 unspecified atom stereocenters. The van der Waals surface area contributed by atoms with Crippen LogP contribution in [0.4, 0.5) is 5.69 Å². The second-order valence-electron chi connectivity index (χ2n) is 6.30. The van der Waals surface area contributed by atoms with Gasteiger partial charge >= 0.3 is 0 Å². The van der Waals surface area contributed by atoms with E-state index in [1.807, 2.05) is 6.07 Å². The highest BCUT2D eigenvalue weighted by Crippen LogP contribution is 2.29. The fraction of sp³-hybridized carbons (Fsp3) is 0.300. The van der Waals surface area contributed by atoms with E-state index in [0.717, 1.165) is 10.1 Å². The summed E-state index contributed by atoms with van der Waals surface area (Å²) in [5.74, 6) is 0. The minimum absolute atomic E-state index is 1.08. The van der Waals surface area contributed by atoms with Gasteiger partial charge in [-0.2, -0.15) is 0 Å². The summed E-state index contributed by atoms with van der Waals surface area (Å²) in [5.41, 5.74) is 4.94. The van der Waals surface area contributed by atoms with E-state index in [-0.39, 0.29) is 0 Å². The first-order chi connectivity index (χ1) is 10.2. The minimum Gasteiger partial charge on any atom is -0.294 e. The molecule has 0 saturated carbocycles. The first-order valence-electron chi connectivity index (χ1n) is 7.89. The topological polar surface area (TPSA) is 0 Å². The molecule has 1 heterocycles. The number of hydrogen-bond donors (Lipinski definition) is 0. The fourth-order valence-corrected chi connectivity index (χ4v) is 3.30. The molecule has 1 aliphatic rings. The first kappa shape index (κ1) is 14.1. The molecular weight excluding hydrogens is 254 g/mol. The third kappa shape index (κ3) is 2.93. The van der Waals surface area contributed by atoms with Crippen molar-refractivity contribution in [1.29, 1.82) is 0 Å². The predicted octanol–water partition coefficient (Wildman–Crippen LogP) is 4.87. The van der Waals surface area contributed by atoms with Crippen molar-refractivity contribution >= 4 is 11.3 Å². The highest BCUT2D eigenvalue weighted by Gasteiger charge is 2.27. The SMILES string of the molecule is C=C(c1ccccc1)c1ccc([N+]2(C)CCCCC2)cc1. The van der Waals surface area contributed by atoms with Gasteiger partial charge in [0.15, 0.2) is 0 Å². The minimum atomic E-state index is 1.08. The Kier molecular flexibility index (Phi) is 3.94. The van der Waals surface area contributed by atoms with Crippen LogP contribution in [0.15, 0.2) is 61.2 Å². The van der Waals surface area contributed by atoms with Gasteiger partial charge < -0.3 is 0 Å². The van der Waals surface area contributed by atoms with Crippen molar-refractivity contribution in [2.75, 3.05) is 20.1 Å². The largest absolute Gasteiger partial charge is 0.294 e. The number of quaternary nitrogens is 1. The number of hydrogen-bond acceptors (Lipinski definition) is 0. The Morgan fingerprint density at radius 1 is 0.810 bits per heavy atom. The fourth-order valence-electron chi connectivity index (χ4n) is 3.30. The van der Waals surface area contributed by atoms with Crippen molar-refractivity contribution in [3.63, 3.8) is 0 Å². The van der Waals surface area contributed by atoms with E-state index in [9.17, 15) is 0 Å². The second kappa shape index (κ2) is 5.87. The van der Waals surface area contributed by atoms with Gasteiger partial charge in [-0.05, 0) is 60.2 Å². The summed E-state index contributed by atoms with van der Waals surface area (Å²) in [6.07, 6.45) is 4.07. The Hall–Kier alpha value is -1.86. The zero-order valence-corrected chi connectivity index (χ0v) is 12.9.